The van der Waals surface area contributed by atoms with Crippen LogP contribution in [0, 0.1) is 6.92 Å². The summed E-state index contributed by atoms with van der Waals surface area (Å²) < 4.78 is 0. The number of benzene rings is 1. The summed E-state index contributed by atoms with van der Waals surface area (Å²) >= 11 is 5.94. The van der Waals surface area contributed by atoms with Gasteiger partial charge < -0.3 is 11.1 Å². The van der Waals surface area contributed by atoms with Gasteiger partial charge in [0.25, 0.3) is 0 Å². The Morgan fingerprint density at radius 1 is 1.38 bits per heavy atom. The Balaban J connectivity index is 2.30. The minimum atomic E-state index is 0.194. The molecule has 0 saturated heterocycles. The van der Waals surface area contributed by atoms with Gasteiger partial charge in [-0.3, -0.25) is 0 Å². The van der Waals surface area contributed by atoms with Crippen molar-refractivity contribution in [3.8, 4) is 0 Å². The van der Waals surface area contributed by atoms with Crippen LogP contribution in [0.3, 0.4) is 0 Å². The smallest absolute Gasteiger partial charge is 0.222 e. The number of hydrogen-bond donors (Lipinski definition) is 2. The molecule has 16 heavy (non-hydrogen) atoms. The van der Waals surface area contributed by atoms with Crippen LogP contribution >= 0.6 is 11.6 Å². The van der Waals surface area contributed by atoms with Crippen LogP contribution in [0.15, 0.2) is 30.5 Å². The maximum Gasteiger partial charge on any atom is 0.222 e. The fourth-order valence-electron chi connectivity index (χ4n) is 1.33. The second-order valence-corrected chi connectivity index (χ2v) is 3.83. The predicted molar refractivity (Wildman–Crippen MR) is 65.9 cm³/mol. The highest BCUT2D eigenvalue weighted by molar-refractivity contribution is 6.32. The molecule has 0 radical (unpaired) electrons. The first kappa shape index (κ1) is 10.7. The number of rotatable bonds is 2. The molecule has 0 bridgehead atoms. The zero-order chi connectivity index (χ0) is 11.5. The lowest BCUT2D eigenvalue weighted by atomic mass is 10.2. The predicted octanol–water partition coefficient (Wildman–Crippen LogP) is 2.76. The molecule has 0 fully saturated rings. The van der Waals surface area contributed by atoms with Crippen molar-refractivity contribution in [1.29, 1.82) is 0 Å². The van der Waals surface area contributed by atoms with Crippen LogP contribution < -0.4 is 11.1 Å². The third kappa shape index (κ3) is 2.41. The summed E-state index contributed by atoms with van der Waals surface area (Å²) in [5, 5.41) is 3.53. The number of hydrogen-bond acceptors (Lipinski definition) is 4. The molecule has 0 saturated carbocycles. The Morgan fingerprint density at radius 2 is 2.19 bits per heavy atom. The lowest BCUT2D eigenvalue weighted by molar-refractivity contribution is 1.18. The summed E-state index contributed by atoms with van der Waals surface area (Å²) in [5.41, 5.74) is 7.56. The van der Waals surface area contributed by atoms with Crippen molar-refractivity contribution in [2.24, 2.45) is 0 Å². The Labute approximate surface area is 98.5 Å². The number of aromatic nitrogens is 2. The summed E-state index contributed by atoms with van der Waals surface area (Å²) in [6, 6.07) is 7.90. The highest BCUT2D eigenvalue weighted by atomic mass is 35.5. The molecule has 0 aliphatic carbocycles. The van der Waals surface area contributed by atoms with Crippen LogP contribution in [0.25, 0.3) is 0 Å². The zero-order valence-electron chi connectivity index (χ0n) is 8.74. The quantitative estimate of drug-likeness (QED) is 0.839. The van der Waals surface area contributed by atoms with Crippen LogP contribution in [0.4, 0.5) is 17.5 Å². The molecular weight excluding hydrogens is 224 g/mol. The molecule has 4 nitrogen and oxygen atoms in total. The number of nitrogens with one attached hydrogen (secondary N) is 1. The Hall–Kier alpha value is -1.81. The Kier molecular flexibility index (Phi) is 2.92. The Morgan fingerprint density at radius 3 is 2.94 bits per heavy atom. The van der Waals surface area contributed by atoms with E-state index in [1.807, 2.05) is 31.2 Å². The first-order valence-corrected chi connectivity index (χ1v) is 5.14. The number of nitrogen functional groups attached to an aromatic ring is 1. The largest absolute Gasteiger partial charge is 0.368 e. The maximum absolute atomic E-state index is 5.94. The Bertz CT molecular complexity index is 513. The van der Waals surface area contributed by atoms with Crippen LogP contribution in [0.1, 0.15) is 5.56 Å². The molecule has 2 aromatic rings. The standard InChI is InChI=1S/C11H11ClN4/c1-7-3-2-4-8(5-7)15-10-9(12)6-14-11(13)16-10/h2-6H,1H3,(H3,13,14,15,16). The van der Waals surface area contributed by atoms with Crippen molar-refractivity contribution < 1.29 is 0 Å². The molecule has 0 amide bonds. The number of halogens is 1. The summed E-state index contributed by atoms with van der Waals surface area (Å²) in [7, 11) is 0. The molecule has 82 valence electrons. The van der Waals surface area contributed by atoms with Gasteiger partial charge in [-0.05, 0) is 24.6 Å². The molecular formula is C11H11ClN4. The molecule has 0 aliphatic heterocycles. The number of aryl methyl sites for hydroxylation is 1. The van der Waals surface area contributed by atoms with E-state index in [0.29, 0.717) is 10.8 Å². The van der Waals surface area contributed by atoms with E-state index >= 15 is 0 Å². The van der Waals surface area contributed by atoms with Crippen molar-refractivity contribution in [3.05, 3.63) is 41.0 Å². The molecule has 3 N–H and O–H groups in total. The minimum Gasteiger partial charge on any atom is -0.368 e. The van der Waals surface area contributed by atoms with E-state index in [9.17, 15) is 0 Å². The summed E-state index contributed by atoms with van der Waals surface area (Å²) in [4.78, 5) is 7.81. The second-order valence-electron chi connectivity index (χ2n) is 3.42. The monoisotopic (exact) mass is 234 g/mol. The van der Waals surface area contributed by atoms with E-state index < -0.39 is 0 Å². The van der Waals surface area contributed by atoms with Crippen LogP contribution in [-0.2, 0) is 0 Å². The number of nitrogens with zero attached hydrogens (tertiary/aromatic N) is 2. The lowest BCUT2D eigenvalue weighted by Gasteiger charge is -2.07. The van der Waals surface area contributed by atoms with Gasteiger partial charge in [0.15, 0.2) is 5.82 Å². The fourth-order valence-corrected chi connectivity index (χ4v) is 1.47. The molecule has 0 aliphatic rings. The van der Waals surface area contributed by atoms with E-state index in [4.69, 9.17) is 17.3 Å². The van der Waals surface area contributed by atoms with E-state index in [2.05, 4.69) is 15.3 Å². The van der Waals surface area contributed by atoms with Gasteiger partial charge >= 0.3 is 0 Å². The lowest BCUT2D eigenvalue weighted by Crippen LogP contribution is -2.00. The van der Waals surface area contributed by atoms with Gasteiger partial charge in [0.1, 0.15) is 5.02 Å². The molecule has 2 rings (SSSR count). The van der Waals surface area contributed by atoms with E-state index in [1.54, 1.807) is 0 Å². The molecule has 1 aromatic carbocycles. The summed E-state index contributed by atoms with van der Waals surface area (Å²) in [5.74, 6) is 0.708. The van der Waals surface area contributed by atoms with Crippen molar-refractivity contribution >= 4 is 29.1 Å². The number of nitrogens with two attached hydrogens (primary N) is 1. The van der Waals surface area contributed by atoms with Gasteiger partial charge in [0.05, 0.1) is 6.20 Å². The SMILES string of the molecule is Cc1cccc(Nc2nc(N)ncc2Cl)c1. The van der Waals surface area contributed by atoms with Crippen LogP contribution in [0.5, 0.6) is 0 Å². The van der Waals surface area contributed by atoms with Gasteiger partial charge in [0, 0.05) is 5.69 Å². The van der Waals surface area contributed by atoms with E-state index in [-0.39, 0.29) is 5.95 Å². The molecule has 0 unspecified atom stereocenters. The first-order chi connectivity index (χ1) is 7.65. The average molecular weight is 235 g/mol. The van der Waals surface area contributed by atoms with Gasteiger partial charge in [-0.25, -0.2) is 4.98 Å². The third-order valence-electron chi connectivity index (χ3n) is 2.04. The van der Waals surface area contributed by atoms with Gasteiger partial charge in [0.2, 0.25) is 5.95 Å². The zero-order valence-corrected chi connectivity index (χ0v) is 9.49. The second kappa shape index (κ2) is 4.37. The topological polar surface area (TPSA) is 63.8 Å². The highest BCUT2D eigenvalue weighted by Crippen LogP contribution is 2.23. The van der Waals surface area contributed by atoms with Gasteiger partial charge in [-0.2, -0.15) is 4.98 Å². The molecule has 0 atom stereocenters. The average Bonchev–Trinajstić information content (AvgIpc) is 2.24. The highest BCUT2D eigenvalue weighted by Gasteiger charge is 2.03. The molecule has 0 spiro atoms. The van der Waals surface area contributed by atoms with Gasteiger partial charge in [-0.1, -0.05) is 23.7 Å². The van der Waals surface area contributed by atoms with Crippen LogP contribution in [-0.4, -0.2) is 9.97 Å². The molecule has 5 heteroatoms. The van der Waals surface area contributed by atoms with E-state index in [1.165, 1.54) is 6.20 Å². The summed E-state index contributed by atoms with van der Waals surface area (Å²) in [6.45, 7) is 2.02. The van der Waals surface area contributed by atoms with Crippen molar-refractivity contribution in [3.63, 3.8) is 0 Å². The normalized spacial score (nSPS) is 10.1. The maximum atomic E-state index is 5.94. The first-order valence-electron chi connectivity index (χ1n) is 4.77. The third-order valence-corrected chi connectivity index (χ3v) is 2.32. The van der Waals surface area contributed by atoms with E-state index in [0.717, 1.165) is 11.3 Å². The summed E-state index contributed by atoms with van der Waals surface area (Å²) in [6.07, 6.45) is 1.47. The van der Waals surface area contributed by atoms with Crippen molar-refractivity contribution in [2.45, 2.75) is 6.92 Å². The molecule has 1 aromatic heterocycles. The minimum absolute atomic E-state index is 0.194. The fraction of sp³-hybridized carbons (Fsp3) is 0.0909. The number of anilines is 3. The van der Waals surface area contributed by atoms with Gasteiger partial charge in [-0.15, -0.1) is 0 Å². The molecule has 1 heterocycles. The van der Waals surface area contributed by atoms with Crippen molar-refractivity contribution in [1.82, 2.24) is 9.97 Å². The van der Waals surface area contributed by atoms with Crippen molar-refractivity contribution in [2.75, 3.05) is 11.1 Å². The van der Waals surface area contributed by atoms with Crippen LogP contribution in [0.2, 0.25) is 5.02 Å².